The van der Waals surface area contributed by atoms with Crippen molar-refractivity contribution in [3.63, 3.8) is 0 Å². The van der Waals surface area contributed by atoms with Gasteiger partial charge in [-0.2, -0.15) is 0 Å². The van der Waals surface area contributed by atoms with Gasteiger partial charge in [-0.15, -0.1) is 0 Å². The smallest absolute Gasteiger partial charge is 0.308 e. The van der Waals surface area contributed by atoms with Crippen LogP contribution in [0.4, 0.5) is 0 Å². The minimum atomic E-state index is -0.384. The maximum atomic E-state index is 11.3. The Hall–Kier alpha value is -0.570. The summed E-state index contributed by atoms with van der Waals surface area (Å²) in [5, 5.41) is 0. The Morgan fingerprint density at radius 2 is 1.93 bits per heavy atom. The van der Waals surface area contributed by atoms with E-state index < -0.39 is 0 Å². The number of rotatable bonds is 6. The number of ether oxygens (including phenoxy) is 2. The first-order valence-corrected chi connectivity index (χ1v) is 5.77. The molecular weight excluding hydrogens is 192 g/mol. The van der Waals surface area contributed by atoms with E-state index >= 15 is 0 Å². The van der Waals surface area contributed by atoms with Crippen molar-refractivity contribution < 1.29 is 14.3 Å². The summed E-state index contributed by atoms with van der Waals surface area (Å²) in [6.45, 7) is 6.89. The lowest BCUT2D eigenvalue weighted by Gasteiger charge is -2.19. The summed E-state index contributed by atoms with van der Waals surface area (Å²) in [7, 11) is 0. The van der Waals surface area contributed by atoms with Crippen LogP contribution in [0.3, 0.4) is 0 Å². The fourth-order valence-electron chi connectivity index (χ4n) is 1.31. The van der Waals surface area contributed by atoms with E-state index in [9.17, 15) is 4.79 Å². The molecule has 15 heavy (non-hydrogen) atoms. The molecule has 1 aliphatic rings. The summed E-state index contributed by atoms with van der Waals surface area (Å²) in [6.07, 6.45) is 4.22. The first-order chi connectivity index (χ1) is 6.97. The third kappa shape index (κ3) is 7.37. The summed E-state index contributed by atoms with van der Waals surface area (Å²) < 4.78 is 10.5. The van der Waals surface area contributed by atoms with Gasteiger partial charge in [-0.05, 0) is 33.1 Å². The van der Waals surface area contributed by atoms with Gasteiger partial charge in [0.2, 0.25) is 0 Å². The fourth-order valence-corrected chi connectivity index (χ4v) is 1.31. The molecular formula is C12H22O3. The topological polar surface area (TPSA) is 35.5 Å². The van der Waals surface area contributed by atoms with Gasteiger partial charge in [0.25, 0.3) is 0 Å². The Labute approximate surface area is 92.1 Å². The van der Waals surface area contributed by atoms with Gasteiger partial charge >= 0.3 is 5.97 Å². The average molecular weight is 214 g/mol. The quantitative estimate of drug-likeness (QED) is 0.503. The van der Waals surface area contributed by atoms with Crippen molar-refractivity contribution in [2.45, 2.75) is 52.1 Å². The zero-order valence-electron chi connectivity index (χ0n) is 10.0. The van der Waals surface area contributed by atoms with E-state index in [-0.39, 0.29) is 11.6 Å². The highest BCUT2D eigenvalue weighted by Crippen LogP contribution is 2.32. The zero-order chi connectivity index (χ0) is 11.3. The van der Waals surface area contributed by atoms with Crippen LogP contribution in [0.1, 0.15) is 46.5 Å². The Morgan fingerprint density at radius 1 is 1.27 bits per heavy atom. The Kier molecular flexibility index (Phi) is 4.58. The lowest BCUT2D eigenvalue weighted by molar-refractivity contribution is -0.156. The molecule has 3 heteroatoms. The van der Waals surface area contributed by atoms with E-state index in [1.807, 2.05) is 20.8 Å². The highest BCUT2D eigenvalue weighted by Gasteiger charge is 2.20. The summed E-state index contributed by atoms with van der Waals surface area (Å²) in [5.74, 6) is 0.723. The summed E-state index contributed by atoms with van der Waals surface area (Å²) in [4.78, 5) is 11.3. The largest absolute Gasteiger partial charge is 0.460 e. The first-order valence-electron chi connectivity index (χ1n) is 5.77. The lowest BCUT2D eigenvalue weighted by atomic mass is 10.2. The summed E-state index contributed by atoms with van der Waals surface area (Å²) in [5.41, 5.74) is -0.384. The van der Waals surface area contributed by atoms with Gasteiger partial charge in [-0.3, -0.25) is 4.79 Å². The minimum Gasteiger partial charge on any atom is -0.460 e. The van der Waals surface area contributed by atoms with Crippen molar-refractivity contribution in [1.29, 1.82) is 0 Å². The SMILES string of the molecule is CC(C)(C)OC(=O)CCOCCC1CC1. The van der Waals surface area contributed by atoms with E-state index in [1.54, 1.807) is 0 Å². The number of carbonyl (C=O) groups is 1. The monoisotopic (exact) mass is 214 g/mol. The van der Waals surface area contributed by atoms with Crippen molar-refractivity contribution in [3.8, 4) is 0 Å². The van der Waals surface area contributed by atoms with Crippen molar-refractivity contribution in [2.24, 2.45) is 5.92 Å². The molecule has 1 saturated carbocycles. The normalized spacial score (nSPS) is 16.5. The number of carbonyl (C=O) groups excluding carboxylic acids is 1. The average Bonchev–Trinajstić information content (AvgIpc) is 2.83. The molecule has 0 unspecified atom stereocenters. The van der Waals surface area contributed by atoms with Gasteiger partial charge < -0.3 is 9.47 Å². The molecule has 3 nitrogen and oxygen atoms in total. The summed E-state index contributed by atoms with van der Waals surface area (Å²) in [6, 6.07) is 0. The van der Waals surface area contributed by atoms with Crippen LogP contribution in [-0.2, 0) is 14.3 Å². The molecule has 1 fully saturated rings. The second-order valence-electron chi connectivity index (χ2n) is 5.18. The molecule has 0 aromatic heterocycles. The van der Waals surface area contributed by atoms with Gasteiger partial charge in [-0.25, -0.2) is 0 Å². The highest BCUT2D eigenvalue weighted by atomic mass is 16.6. The second kappa shape index (κ2) is 5.50. The van der Waals surface area contributed by atoms with Crippen molar-refractivity contribution in [1.82, 2.24) is 0 Å². The zero-order valence-corrected chi connectivity index (χ0v) is 10.0. The number of hydrogen-bond acceptors (Lipinski definition) is 3. The molecule has 0 aromatic carbocycles. The van der Waals surface area contributed by atoms with Crippen LogP contribution < -0.4 is 0 Å². The van der Waals surface area contributed by atoms with Crippen LogP contribution in [0.5, 0.6) is 0 Å². The molecule has 0 bridgehead atoms. The molecule has 88 valence electrons. The molecule has 0 N–H and O–H groups in total. The van der Waals surface area contributed by atoms with Gasteiger partial charge in [-0.1, -0.05) is 12.8 Å². The number of esters is 1. The molecule has 0 radical (unpaired) electrons. The van der Waals surface area contributed by atoms with Crippen LogP contribution >= 0.6 is 0 Å². The van der Waals surface area contributed by atoms with E-state index in [1.165, 1.54) is 12.8 Å². The van der Waals surface area contributed by atoms with Crippen LogP contribution in [0.25, 0.3) is 0 Å². The highest BCUT2D eigenvalue weighted by molar-refractivity contribution is 5.69. The van der Waals surface area contributed by atoms with E-state index in [2.05, 4.69) is 0 Å². The lowest BCUT2D eigenvalue weighted by Crippen LogP contribution is -2.24. The molecule has 0 amide bonds. The Bertz CT molecular complexity index is 201. The Balaban J connectivity index is 1.91. The van der Waals surface area contributed by atoms with Gasteiger partial charge in [0, 0.05) is 6.61 Å². The molecule has 1 aliphatic carbocycles. The van der Waals surface area contributed by atoms with E-state index in [0.29, 0.717) is 13.0 Å². The van der Waals surface area contributed by atoms with Crippen LogP contribution in [0, 0.1) is 5.92 Å². The summed E-state index contributed by atoms with van der Waals surface area (Å²) >= 11 is 0. The van der Waals surface area contributed by atoms with Crippen LogP contribution in [-0.4, -0.2) is 24.8 Å². The van der Waals surface area contributed by atoms with Crippen LogP contribution in [0.15, 0.2) is 0 Å². The molecule has 0 atom stereocenters. The first kappa shape index (κ1) is 12.5. The Morgan fingerprint density at radius 3 is 2.47 bits per heavy atom. The van der Waals surface area contributed by atoms with Crippen molar-refractivity contribution >= 4 is 5.97 Å². The molecule has 0 aromatic rings. The van der Waals surface area contributed by atoms with E-state index in [4.69, 9.17) is 9.47 Å². The van der Waals surface area contributed by atoms with Gasteiger partial charge in [0.05, 0.1) is 13.0 Å². The molecule has 0 heterocycles. The van der Waals surface area contributed by atoms with Crippen LogP contribution in [0.2, 0.25) is 0 Å². The standard InChI is InChI=1S/C12H22O3/c1-12(2,3)15-11(13)7-9-14-8-6-10-4-5-10/h10H,4-9H2,1-3H3. The van der Waals surface area contributed by atoms with Gasteiger partial charge in [0.15, 0.2) is 0 Å². The van der Waals surface area contributed by atoms with Crippen molar-refractivity contribution in [3.05, 3.63) is 0 Å². The predicted molar refractivity (Wildman–Crippen MR) is 58.6 cm³/mol. The molecule has 1 rings (SSSR count). The predicted octanol–water partition coefficient (Wildman–Crippen LogP) is 2.53. The minimum absolute atomic E-state index is 0.172. The van der Waals surface area contributed by atoms with E-state index in [0.717, 1.165) is 18.9 Å². The third-order valence-corrected chi connectivity index (χ3v) is 2.24. The second-order valence-corrected chi connectivity index (χ2v) is 5.18. The molecule has 0 saturated heterocycles. The van der Waals surface area contributed by atoms with Crippen molar-refractivity contribution in [2.75, 3.05) is 13.2 Å². The third-order valence-electron chi connectivity index (χ3n) is 2.24. The number of hydrogen-bond donors (Lipinski definition) is 0. The fraction of sp³-hybridized carbons (Fsp3) is 0.917. The molecule has 0 spiro atoms. The van der Waals surface area contributed by atoms with Gasteiger partial charge in [0.1, 0.15) is 5.60 Å². The maximum absolute atomic E-state index is 11.3. The molecule has 0 aliphatic heterocycles. The maximum Gasteiger partial charge on any atom is 0.308 e.